The van der Waals surface area contributed by atoms with Gasteiger partial charge in [0.2, 0.25) is 0 Å². The fraction of sp³-hybridized carbons (Fsp3) is 0.304. The zero-order chi connectivity index (χ0) is 21.5. The Morgan fingerprint density at radius 2 is 1.97 bits per heavy atom. The molecule has 3 aromatic rings. The van der Waals surface area contributed by atoms with E-state index < -0.39 is 11.5 Å². The fourth-order valence-electron chi connectivity index (χ4n) is 4.06. The van der Waals surface area contributed by atoms with E-state index in [1.54, 1.807) is 12.1 Å². The first-order valence-electron chi connectivity index (χ1n) is 9.77. The number of carboxylic acid groups (broad SMARTS) is 1. The number of carbonyl (C=O) groups excluding carboxylic acids is 1. The van der Waals surface area contributed by atoms with Crippen LogP contribution in [0.1, 0.15) is 33.6 Å². The minimum Gasteiger partial charge on any atom is -0.481 e. The zero-order valence-electron chi connectivity index (χ0n) is 16.9. The molecule has 0 radical (unpaired) electrons. The average molecular weight is 427 g/mol. The van der Waals surface area contributed by atoms with Crippen molar-refractivity contribution in [1.82, 2.24) is 9.88 Å². The van der Waals surface area contributed by atoms with Gasteiger partial charge in [-0.15, -0.1) is 0 Å². The second-order valence-electron chi connectivity index (χ2n) is 7.82. The van der Waals surface area contributed by atoms with Crippen molar-refractivity contribution >= 4 is 34.4 Å². The van der Waals surface area contributed by atoms with E-state index >= 15 is 0 Å². The van der Waals surface area contributed by atoms with Gasteiger partial charge in [-0.2, -0.15) is 0 Å². The van der Waals surface area contributed by atoms with Crippen LogP contribution in [0.25, 0.3) is 10.9 Å². The number of nitrogens with one attached hydrogen (secondary N) is 1. The third-order valence-electron chi connectivity index (χ3n) is 5.82. The second-order valence-corrected chi connectivity index (χ2v) is 8.20. The molecule has 30 heavy (non-hydrogen) atoms. The number of aromatic nitrogens is 1. The predicted molar refractivity (Wildman–Crippen MR) is 115 cm³/mol. The second kappa shape index (κ2) is 7.78. The standard InChI is InChI=1S/C23H23ClN2O4/c1-14-3-8-18-17(21(14)24)12-19(26(18)2)22(29)25-23(9-10-30-13-23)16-6-4-15(5-7-16)11-20(27)28/h3-8,12H,9-11,13H2,1-2H3,(H,25,29)(H,27,28)/t23-/m1/s1. The van der Waals surface area contributed by atoms with E-state index in [0.717, 1.165) is 22.0 Å². The first kappa shape index (κ1) is 20.4. The number of ether oxygens (including phenoxy) is 1. The number of aryl methyl sites for hydroxylation is 2. The van der Waals surface area contributed by atoms with Gasteiger partial charge in [0.15, 0.2) is 0 Å². The molecule has 7 heteroatoms. The van der Waals surface area contributed by atoms with Crippen LogP contribution in [0.4, 0.5) is 0 Å². The lowest BCUT2D eigenvalue weighted by Gasteiger charge is -2.29. The van der Waals surface area contributed by atoms with E-state index in [1.165, 1.54) is 0 Å². The van der Waals surface area contributed by atoms with Crippen LogP contribution in [0, 0.1) is 6.92 Å². The van der Waals surface area contributed by atoms with Gasteiger partial charge >= 0.3 is 5.97 Å². The van der Waals surface area contributed by atoms with Crippen LogP contribution in [0.5, 0.6) is 0 Å². The molecule has 2 heterocycles. The van der Waals surface area contributed by atoms with Crippen LogP contribution in [0.15, 0.2) is 42.5 Å². The largest absolute Gasteiger partial charge is 0.481 e. The Labute approximate surface area is 179 Å². The quantitative estimate of drug-likeness (QED) is 0.650. The zero-order valence-corrected chi connectivity index (χ0v) is 17.6. The lowest BCUT2D eigenvalue weighted by molar-refractivity contribution is -0.136. The number of carboxylic acids is 1. The first-order valence-corrected chi connectivity index (χ1v) is 10.1. The van der Waals surface area contributed by atoms with E-state index in [1.807, 2.05) is 48.9 Å². The maximum absolute atomic E-state index is 13.3. The van der Waals surface area contributed by atoms with Crippen LogP contribution < -0.4 is 5.32 Å². The molecule has 2 N–H and O–H groups in total. The van der Waals surface area contributed by atoms with Crippen molar-refractivity contribution in [1.29, 1.82) is 0 Å². The van der Waals surface area contributed by atoms with Crippen molar-refractivity contribution in [2.45, 2.75) is 25.3 Å². The summed E-state index contributed by atoms with van der Waals surface area (Å²) < 4.78 is 7.48. The Morgan fingerprint density at radius 3 is 2.60 bits per heavy atom. The maximum atomic E-state index is 13.3. The summed E-state index contributed by atoms with van der Waals surface area (Å²) in [6, 6.07) is 13.0. The number of hydrogen-bond donors (Lipinski definition) is 2. The number of carbonyl (C=O) groups is 2. The molecule has 0 saturated carbocycles. The van der Waals surface area contributed by atoms with Crippen molar-refractivity contribution in [3.63, 3.8) is 0 Å². The van der Waals surface area contributed by atoms with Gasteiger partial charge in [-0.3, -0.25) is 9.59 Å². The number of benzene rings is 2. The van der Waals surface area contributed by atoms with E-state index in [2.05, 4.69) is 5.32 Å². The van der Waals surface area contributed by atoms with Crippen molar-refractivity contribution in [2.24, 2.45) is 7.05 Å². The van der Waals surface area contributed by atoms with Gasteiger partial charge in [-0.1, -0.05) is 41.9 Å². The summed E-state index contributed by atoms with van der Waals surface area (Å²) in [6.07, 6.45) is 0.604. The van der Waals surface area contributed by atoms with Crippen LogP contribution in [-0.2, 0) is 28.5 Å². The summed E-state index contributed by atoms with van der Waals surface area (Å²) in [7, 11) is 1.85. The number of nitrogens with zero attached hydrogens (tertiary/aromatic N) is 1. The molecule has 0 spiro atoms. The molecule has 1 amide bonds. The Hall–Kier alpha value is -2.83. The Morgan fingerprint density at radius 1 is 1.23 bits per heavy atom. The topological polar surface area (TPSA) is 80.6 Å². The number of rotatable bonds is 5. The van der Waals surface area contributed by atoms with Gasteiger partial charge in [0.25, 0.3) is 5.91 Å². The van der Waals surface area contributed by atoms with Crippen LogP contribution in [0.3, 0.4) is 0 Å². The van der Waals surface area contributed by atoms with Crippen molar-refractivity contribution in [3.05, 3.63) is 69.9 Å². The van der Waals surface area contributed by atoms with E-state index in [4.69, 9.17) is 21.4 Å². The lowest BCUT2D eigenvalue weighted by atomic mass is 9.88. The minimum atomic E-state index is -0.875. The molecule has 156 valence electrons. The Balaban J connectivity index is 1.66. The molecule has 1 saturated heterocycles. The molecule has 1 aliphatic heterocycles. The van der Waals surface area contributed by atoms with Gasteiger partial charge in [-0.05, 0) is 35.7 Å². The normalized spacial score (nSPS) is 18.6. The highest BCUT2D eigenvalue weighted by molar-refractivity contribution is 6.36. The molecule has 1 aromatic heterocycles. The number of amides is 1. The molecule has 1 aliphatic rings. The van der Waals surface area contributed by atoms with Gasteiger partial charge in [-0.25, -0.2) is 0 Å². The fourth-order valence-corrected chi connectivity index (χ4v) is 4.28. The lowest BCUT2D eigenvalue weighted by Crippen LogP contribution is -2.47. The molecule has 6 nitrogen and oxygen atoms in total. The Kier molecular flexibility index (Phi) is 5.30. The van der Waals surface area contributed by atoms with Crippen LogP contribution in [-0.4, -0.2) is 34.8 Å². The van der Waals surface area contributed by atoms with Gasteiger partial charge in [0.1, 0.15) is 5.69 Å². The van der Waals surface area contributed by atoms with Crippen LogP contribution >= 0.6 is 11.6 Å². The third-order valence-corrected chi connectivity index (χ3v) is 6.32. The summed E-state index contributed by atoms with van der Waals surface area (Å²) in [5.74, 6) is -1.08. The van der Waals surface area contributed by atoms with Gasteiger partial charge in [0.05, 0.1) is 23.6 Å². The molecule has 0 bridgehead atoms. The molecule has 1 atom stereocenters. The van der Waals surface area contributed by atoms with Crippen molar-refractivity contribution in [3.8, 4) is 0 Å². The van der Waals surface area contributed by atoms with E-state index in [-0.39, 0.29) is 12.3 Å². The molecule has 0 aliphatic carbocycles. The smallest absolute Gasteiger partial charge is 0.307 e. The Bertz CT molecular complexity index is 1130. The highest BCUT2D eigenvalue weighted by Crippen LogP contribution is 2.33. The predicted octanol–water partition coefficient (Wildman–Crippen LogP) is 3.81. The summed E-state index contributed by atoms with van der Waals surface area (Å²) in [4.78, 5) is 24.2. The number of fused-ring (bicyclic) bond motifs is 1. The highest BCUT2D eigenvalue weighted by Gasteiger charge is 2.39. The first-order chi connectivity index (χ1) is 14.3. The van der Waals surface area contributed by atoms with Crippen LogP contribution in [0.2, 0.25) is 5.02 Å². The molecule has 4 rings (SSSR count). The summed E-state index contributed by atoms with van der Waals surface area (Å²) >= 11 is 6.45. The van der Waals surface area contributed by atoms with Gasteiger partial charge in [0, 0.05) is 31.0 Å². The number of aliphatic carboxylic acids is 1. The molecule has 2 aromatic carbocycles. The van der Waals surface area contributed by atoms with Crippen molar-refractivity contribution < 1.29 is 19.4 Å². The molecular formula is C23H23ClN2O4. The average Bonchev–Trinajstić information content (AvgIpc) is 3.31. The third kappa shape index (κ3) is 3.57. The SMILES string of the molecule is Cc1ccc2c(cc(C(=O)N[C@]3(c4ccc(CC(=O)O)cc4)CCOC3)n2C)c1Cl. The summed E-state index contributed by atoms with van der Waals surface area (Å²) in [5, 5.41) is 13.6. The monoisotopic (exact) mass is 426 g/mol. The van der Waals surface area contributed by atoms with Crippen molar-refractivity contribution in [2.75, 3.05) is 13.2 Å². The number of halogens is 1. The van der Waals surface area contributed by atoms with E-state index in [9.17, 15) is 9.59 Å². The molecule has 1 fully saturated rings. The molecular weight excluding hydrogens is 404 g/mol. The summed E-state index contributed by atoms with van der Waals surface area (Å²) in [6.45, 7) is 2.84. The minimum absolute atomic E-state index is 0.0355. The van der Waals surface area contributed by atoms with E-state index in [0.29, 0.717) is 35.9 Å². The maximum Gasteiger partial charge on any atom is 0.307 e. The highest BCUT2D eigenvalue weighted by atomic mass is 35.5. The van der Waals surface area contributed by atoms with Gasteiger partial charge < -0.3 is 19.7 Å². The number of hydrogen-bond acceptors (Lipinski definition) is 3. The molecule has 0 unspecified atom stereocenters. The summed E-state index contributed by atoms with van der Waals surface area (Å²) in [5.41, 5.74) is 3.33.